The van der Waals surface area contributed by atoms with Gasteiger partial charge in [-0.15, -0.1) is 0 Å². The minimum atomic E-state index is -0.453. The maximum atomic E-state index is 12.5. The summed E-state index contributed by atoms with van der Waals surface area (Å²) in [6.07, 6.45) is 1.56. The van der Waals surface area contributed by atoms with E-state index in [1.807, 2.05) is 0 Å². The van der Waals surface area contributed by atoms with Crippen LogP contribution in [0.25, 0.3) is 6.08 Å². The van der Waals surface area contributed by atoms with E-state index < -0.39 is 5.75 Å². The number of allylic oxidation sites excluding steroid dienone is 1. The van der Waals surface area contributed by atoms with Gasteiger partial charge in [-0.25, -0.2) is 0 Å². The minimum Gasteiger partial charge on any atom is -0.504 e. The van der Waals surface area contributed by atoms with Gasteiger partial charge in [-0.3, -0.25) is 4.79 Å². The summed E-state index contributed by atoms with van der Waals surface area (Å²) in [6.45, 7) is 0. The molecule has 0 unspecified atom stereocenters. The molecule has 3 aromatic rings. The molecular weight excluding hydrogens is 360 g/mol. The van der Waals surface area contributed by atoms with Crippen molar-refractivity contribution in [3.8, 4) is 34.5 Å². The smallest absolute Gasteiger partial charge is 0.232 e. The Balaban J connectivity index is 1.58. The van der Waals surface area contributed by atoms with Crippen molar-refractivity contribution in [2.45, 2.75) is 0 Å². The van der Waals surface area contributed by atoms with Crippen molar-refractivity contribution in [1.29, 1.82) is 0 Å². The summed E-state index contributed by atoms with van der Waals surface area (Å²) >= 11 is 0. The molecule has 0 fully saturated rings. The van der Waals surface area contributed by atoms with E-state index in [-0.39, 0.29) is 28.6 Å². The molecule has 0 radical (unpaired) electrons. The molecule has 0 amide bonds. The quantitative estimate of drug-likeness (QED) is 0.515. The van der Waals surface area contributed by atoms with Crippen LogP contribution in [0, 0.1) is 0 Å². The average Bonchev–Trinajstić information content (AvgIpc) is 3.02. The van der Waals surface area contributed by atoms with Gasteiger partial charge in [-0.1, -0.05) is 12.1 Å². The number of fused-ring (bicyclic) bond motifs is 1. The maximum Gasteiger partial charge on any atom is 0.232 e. The van der Waals surface area contributed by atoms with Crippen LogP contribution in [0.2, 0.25) is 0 Å². The Hall–Kier alpha value is -3.93. The molecule has 1 aliphatic rings. The highest BCUT2D eigenvalue weighted by Crippen LogP contribution is 2.44. The zero-order chi connectivity index (χ0) is 19.7. The molecule has 0 saturated carbocycles. The fraction of sp³-hybridized carbons (Fsp3) is 0.0455. The van der Waals surface area contributed by atoms with Crippen LogP contribution < -0.4 is 14.2 Å². The predicted molar refractivity (Wildman–Crippen MR) is 102 cm³/mol. The third-order valence-corrected chi connectivity index (χ3v) is 4.24. The van der Waals surface area contributed by atoms with Crippen LogP contribution in [-0.4, -0.2) is 23.1 Å². The summed E-state index contributed by atoms with van der Waals surface area (Å²) in [5.41, 5.74) is 0.887. The van der Waals surface area contributed by atoms with Gasteiger partial charge in [-0.2, -0.15) is 0 Å². The summed E-state index contributed by atoms with van der Waals surface area (Å²) in [6, 6.07) is 17.0. The summed E-state index contributed by atoms with van der Waals surface area (Å²) in [7, 11) is 1.60. The number of ketones is 1. The molecule has 1 heterocycles. The number of phenols is 2. The number of ether oxygens (including phenoxy) is 3. The molecule has 0 saturated heterocycles. The van der Waals surface area contributed by atoms with E-state index in [0.29, 0.717) is 17.1 Å². The number of carbonyl (C=O) groups is 1. The largest absolute Gasteiger partial charge is 0.504 e. The highest BCUT2D eigenvalue weighted by Gasteiger charge is 2.31. The van der Waals surface area contributed by atoms with E-state index in [9.17, 15) is 15.0 Å². The topological polar surface area (TPSA) is 85.2 Å². The van der Waals surface area contributed by atoms with Crippen molar-refractivity contribution >= 4 is 11.9 Å². The highest BCUT2D eigenvalue weighted by molar-refractivity contribution is 6.15. The molecule has 0 aromatic heterocycles. The normalized spacial score (nSPS) is 13.9. The summed E-state index contributed by atoms with van der Waals surface area (Å²) in [5.74, 6) is 0.811. The molecule has 1 aliphatic heterocycles. The molecule has 0 spiro atoms. The summed E-state index contributed by atoms with van der Waals surface area (Å²) < 4.78 is 16.4. The molecule has 6 heteroatoms. The van der Waals surface area contributed by atoms with Crippen LogP contribution in [0.5, 0.6) is 34.5 Å². The number of methoxy groups -OCH3 is 1. The van der Waals surface area contributed by atoms with Crippen molar-refractivity contribution in [2.24, 2.45) is 0 Å². The van der Waals surface area contributed by atoms with Gasteiger partial charge in [0.2, 0.25) is 11.5 Å². The molecule has 3 aromatic carbocycles. The Morgan fingerprint density at radius 1 is 0.929 bits per heavy atom. The number of aromatic hydroxyl groups is 2. The lowest BCUT2D eigenvalue weighted by Crippen LogP contribution is -1.98. The van der Waals surface area contributed by atoms with Crippen LogP contribution in [0.1, 0.15) is 15.9 Å². The van der Waals surface area contributed by atoms with Gasteiger partial charge >= 0.3 is 0 Å². The van der Waals surface area contributed by atoms with Gasteiger partial charge in [0.25, 0.3) is 0 Å². The van der Waals surface area contributed by atoms with Crippen LogP contribution in [0.4, 0.5) is 0 Å². The van der Waals surface area contributed by atoms with Gasteiger partial charge in [0.15, 0.2) is 17.3 Å². The molecule has 28 heavy (non-hydrogen) atoms. The van der Waals surface area contributed by atoms with Gasteiger partial charge in [0, 0.05) is 0 Å². The third-order valence-electron chi connectivity index (χ3n) is 4.24. The fourth-order valence-corrected chi connectivity index (χ4v) is 2.83. The van der Waals surface area contributed by atoms with E-state index in [1.54, 1.807) is 61.7 Å². The van der Waals surface area contributed by atoms with Crippen molar-refractivity contribution in [3.63, 3.8) is 0 Å². The number of hydrogen-bond acceptors (Lipinski definition) is 6. The van der Waals surface area contributed by atoms with Gasteiger partial charge in [-0.05, 0) is 60.2 Å². The standard InChI is InChI=1S/C22H16O6/c1-26-14-5-7-15(8-6-14)27-16-4-2-3-13(11-16)12-19-20(24)17-9-10-18(23)21(25)22(17)28-19/h2-12,23,25H,1H3. The number of phenolic OH excluding ortho intramolecular Hbond substituents is 2. The molecule has 2 N–H and O–H groups in total. The van der Waals surface area contributed by atoms with E-state index in [2.05, 4.69) is 0 Å². The monoisotopic (exact) mass is 376 g/mol. The first-order valence-electron chi connectivity index (χ1n) is 8.46. The van der Waals surface area contributed by atoms with Gasteiger partial charge in [0.05, 0.1) is 12.7 Å². The SMILES string of the molecule is COc1ccc(Oc2cccc(C=C3Oc4c(ccc(O)c4O)C3=O)c2)cc1. The number of carbonyl (C=O) groups excluding carboxylic acids is 1. The van der Waals surface area contributed by atoms with Gasteiger partial charge in [0.1, 0.15) is 17.2 Å². The van der Waals surface area contributed by atoms with Crippen molar-refractivity contribution in [3.05, 3.63) is 77.5 Å². The number of hydrogen-bond donors (Lipinski definition) is 2. The minimum absolute atomic E-state index is 0.0399. The number of Topliss-reactive ketones (excluding diaryl/α,β-unsaturated/α-hetero) is 1. The Morgan fingerprint density at radius 3 is 2.43 bits per heavy atom. The zero-order valence-electron chi connectivity index (χ0n) is 14.9. The first-order chi connectivity index (χ1) is 13.5. The van der Waals surface area contributed by atoms with Crippen LogP contribution >= 0.6 is 0 Å². The summed E-state index contributed by atoms with van der Waals surface area (Å²) in [4.78, 5) is 12.5. The maximum absolute atomic E-state index is 12.5. The van der Waals surface area contributed by atoms with Crippen LogP contribution in [-0.2, 0) is 0 Å². The molecule has 0 atom stereocenters. The Bertz CT molecular complexity index is 1080. The van der Waals surface area contributed by atoms with E-state index >= 15 is 0 Å². The van der Waals surface area contributed by atoms with E-state index in [4.69, 9.17) is 14.2 Å². The van der Waals surface area contributed by atoms with Crippen molar-refractivity contribution in [1.82, 2.24) is 0 Å². The zero-order valence-corrected chi connectivity index (χ0v) is 14.9. The Kier molecular flexibility index (Phi) is 4.37. The molecule has 6 nitrogen and oxygen atoms in total. The Labute approximate surface area is 160 Å². The first kappa shape index (κ1) is 17.5. The number of benzene rings is 3. The average molecular weight is 376 g/mol. The lowest BCUT2D eigenvalue weighted by molar-refractivity contribution is 0.101. The van der Waals surface area contributed by atoms with E-state index in [0.717, 1.165) is 5.75 Å². The second-order valence-electron chi connectivity index (χ2n) is 6.10. The van der Waals surface area contributed by atoms with Crippen LogP contribution in [0.3, 0.4) is 0 Å². The van der Waals surface area contributed by atoms with E-state index in [1.165, 1.54) is 12.1 Å². The predicted octanol–water partition coefficient (Wildman–Crippen LogP) is 4.51. The lowest BCUT2D eigenvalue weighted by Gasteiger charge is -2.07. The van der Waals surface area contributed by atoms with Crippen molar-refractivity contribution in [2.75, 3.05) is 7.11 Å². The molecule has 0 aliphatic carbocycles. The van der Waals surface area contributed by atoms with Crippen LogP contribution in [0.15, 0.2) is 66.4 Å². The molecular formula is C22H16O6. The third kappa shape index (κ3) is 3.23. The first-order valence-corrected chi connectivity index (χ1v) is 8.46. The highest BCUT2D eigenvalue weighted by atomic mass is 16.5. The van der Waals surface area contributed by atoms with Gasteiger partial charge < -0.3 is 24.4 Å². The molecule has 4 rings (SSSR count). The molecule has 0 bridgehead atoms. The number of rotatable bonds is 4. The Morgan fingerprint density at radius 2 is 1.68 bits per heavy atom. The second-order valence-corrected chi connectivity index (χ2v) is 6.10. The lowest BCUT2D eigenvalue weighted by atomic mass is 10.1. The van der Waals surface area contributed by atoms with Crippen molar-refractivity contribution < 1.29 is 29.2 Å². The second kappa shape index (κ2) is 7.00. The fourth-order valence-electron chi connectivity index (χ4n) is 2.83. The molecule has 140 valence electrons. The summed E-state index contributed by atoms with van der Waals surface area (Å²) in [5, 5.41) is 19.5.